The zero-order valence-corrected chi connectivity index (χ0v) is 13.7. The van der Waals surface area contributed by atoms with Crippen molar-refractivity contribution < 1.29 is 13.5 Å². The van der Waals surface area contributed by atoms with Crippen LogP contribution < -0.4 is 5.73 Å². The van der Waals surface area contributed by atoms with Gasteiger partial charge in [0.15, 0.2) is 0 Å². The van der Waals surface area contributed by atoms with E-state index < -0.39 is 10.0 Å². The Labute approximate surface area is 126 Å². The smallest absolute Gasteiger partial charge is 0.244 e. The van der Waals surface area contributed by atoms with Crippen LogP contribution in [-0.4, -0.2) is 37.0 Å². The summed E-state index contributed by atoms with van der Waals surface area (Å²) in [7, 11) is -3.63. The molecule has 0 saturated heterocycles. The first-order chi connectivity index (χ1) is 9.80. The molecule has 118 valence electrons. The molecular weight excluding hydrogens is 288 g/mol. The number of hydrogen-bond donors (Lipinski definition) is 2. The van der Waals surface area contributed by atoms with Gasteiger partial charge < -0.3 is 10.8 Å². The van der Waals surface area contributed by atoms with E-state index in [4.69, 9.17) is 5.73 Å². The highest BCUT2D eigenvalue weighted by molar-refractivity contribution is 7.89. The van der Waals surface area contributed by atoms with E-state index in [1.54, 1.807) is 13.8 Å². The van der Waals surface area contributed by atoms with Gasteiger partial charge in [-0.15, -0.1) is 0 Å². The van der Waals surface area contributed by atoms with E-state index in [1.807, 2.05) is 13.0 Å². The molecule has 1 fully saturated rings. The van der Waals surface area contributed by atoms with Crippen molar-refractivity contribution in [3.05, 3.63) is 22.8 Å². The van der Waals surface area contributed by atoms with Crippen LogP contribution in [0.2, 0.25) is 0 Å². The SMILES string of the molecule is Cc1cc(C)c(S(=O)(=O)N(CCO)C2CCC2)c(C)c1N. The van der Waals surface area contributed by atoms with Gasteiger partial charge in [0.1, 0.15) is 0 Å². The molecule has 6 heteroatoms. The highest BCUT2D eigenvalue weighted by Crippen LogP contribution is 2.34. The molecule has 1 aromatic carbocycles. The van der Waals surface area contributed by atoms with Crippen LogP contribution in [0.1, 0.15) is 36.0 Å². The van der Waals surface area contributed by atoms with Crippen LogP contribution in [0.25, 0.3) is 0 Å². The highest BCUT2D eigenvalue weighted by Gasteiger charge is 2.36. The highest BCUT2D eigenvalue weighted by atomic mass is 32.2. The lowest BCUT2D eigenvalue weighted by molar-refractivity contribution is 0.178. The lowest BCUT2D eigenvalue weighted by atomic mass is 9.93. The monoisotopic (exact) mass is 312 g/mol. The minimum absolute atomic E-state index is 0.00322. The summed E-state index contributed by atoms with van der Waals surface area (Å²) >= 11 is 0. The van der Waals surface area contributed by atoms with Crippen molar-refractivity contribution in [2.75, 3.05) is 18.9 Å². The molecule has 1 aliphatic carbocycles. The fourth-order valence-corrected chi connectivity index (χ4v) is 5.09. The topological polar surface area (TPSA) is 83.6 Å². The molecule has 0 unspecified atom stereocenters. The van der Waals surface area contributed by atoms with Crippen LogP contribution >= 0.6 is 0 Å². The van der Waals surface area contributed by atoms with E-state index in [0.717, 1.165) is 24.8 Å². The number of benzene rings is 1. The summed E-state index contributed by atoms with van der Waals surface area (Å²) in [6, 6.07) is 1.82. The number of rotatable bonds is 5. The molecule has 0 aromatic heterocycles. The number of nitrogens with two attached hydrogens (primary N) is 1. The van der Waals surface area contributed by atoms with Gasteiger partial charge in [-0.2, -0.15) is 4.31 Å². The normalized spacial score (nSPS) is 16.2. The first-order valence-corrected chi connectivity index (χ1v) is 8.73. The quantitative estimate of drug-likeness (QED) is 0.811. The Morgan fingerprint density at radius 1 is 1.29 bits per heavy atom. The average molecular weight is 312 g/mol. The Kier molecular flexibility index (Phi) is 4.60. The van der Waals surface area contributed by atoms with E-state index in [1.165, 1.54) is 4.31 Å². The first-order valence-electron chi connectivity index (χ1n) is 7.29. The van der Waals surface area contributed by atoms with Gasteiger partial charge in [0.25, 0.3) is 0 Å². The Morgan fingerprint density at radius 2 is 1.90 bits per heavy atom. The van der Waals surface area contributed by atoms with Gasteiger partial charge in [-0.1, -0.05) is 12.5 Å². The van der Waals surface area contributed by atoms with Crippen LogP contribution in [0.4, 0.5) is 5.69 Å². The van der Waals surface area contributed by atoms with E-state index >= 15 is 0 Å². The first kappa shape index (κ1) is 16.3. The van der Waals surface area contributed by atoms with Gasteiger partial charge in [0.2, 0.25) is 10.0 Å². The molecule has 0 atom stereocenters. The number of sulfonamides is 1. The molecule has 0 bridgehead atoms. The average Bonchev–Trinajstić information content (AvgIpc) is 2.33. The molecule has 1 aliphatic rings. The maximum absolute atomic E-state index is 13.0. The largest absolute Gasteiger partial charge is 0.398 e. The van der Waals surface area contributed by atoms with Crippen molar-refractivity contribution in [1.82, 2.24) is 4.31 Å². The zero-order valence-electron chi connectivity index (χ0n) is 12.9. The van der Waals surface area contributed by atoms with Crippen LogP contribution in [0.15, 0.2) is 11.0 Å². The number of nitrogens with zero attached hydrogens (tertiary/aromatic N) is 1. The van der Waals surface area contributed by atoms with E-state index in [9.17, 15) is 13.5 Å². The number of hydrogen-bond acceptors (Lipinski definition) is 4. The Hall–Kier alpha value is -1.11. The van der Waals surface area contributed by atoms with Crippen LogP contribution in [-0.2, 0) is 10.0 Å². The van der Waals surface area contributed by atoms with Crippen molar-refractivity contribution in [3.8, 4) is 0 Å². The lowest BCUT2D eigenvalue weighted by Gasteiger charge is -2.37. The van der Waals surface area contributed by atoms with Crippen molar-refractivity contribution >= 4 is 15.7 Å². The number of aliphatic hydroxyl groups excluding tert-OH is 1. The third-order valence-corrected chi connectivity index (χ3v) is 6.57. The summed E-state index contributed by atoms with van der Waals surface area (Å²) in [5, 5.41) is 9.22. The van der Waals surface area contributed by atoms with Gasteiger partial charge in [-0.05, 0) is 50.3 Å². The third-order valence-electron chi connectivity index (χ3n) is 4.33. The molecular formula is C15H24N2O3S. The number of nitrogen functional groups attached to an aromatic ring is 1. The summed E-state index contributed by atoms with van der Waals surface area (Å²) in [5.74, 6) is 0. The van der Waals surface area contributed by atoms with Crippen LogP contribution in [0.5, 0.6) is 0 Å². The number of aliphatic hydroxyl groups is 1. The van der Waals surface area contributed by atoms with Gasteiger partial charge in [0, 0.05) is 18.3 Å². The second kappa shape index (κ2) is 5.94. The van der Waals surface area contributed by atoms with Crippen molar-refractivity contribution in [2.45, 2.75) is 51.0 Å². The van der Waals surface area contributed by atoms with Gasteiger partial charge in [-0.25, -0.2) is 8.42 Å². The van der Waals surface area contributed by atoms with Crippen molar-refractivity contribution in [2.24, 2.45) is 0 Å². The summed E-state index contributed by atoms with van der Waals surface area (Å²) in [4.78, 5) is 0.297. The van der Waals surface area contributed by atoms with Crippen LogP contribution in [0, 0.1) is 20.8 Å². The Morgan fingerprint density at radius 3 is 2.38 bits per heavy atom. The van der Waals surface area contributed by atoms with Crippen LogP contribution in [0.3, 0.4) is 0 Å². The maximum atomic E-state index is 13.0. The van der Waals surface area contributed by atoms with Gasteiger partial charge >= 0.3 is 0 Å². The predicted octanol–water partition coefficient (Wildman–Crippen LogP) is 1.73. The minimum atomic E-state index is -3.63. The molecule has 0 spiro atoms. The standard InChI is InChI=1S/C15H24N2O3S/c1-10-9-11(2)15(12(3)14(10)16)21(19,20)17(7-8-18)13-5-4-6-13/h9,13,18H,4-8,16H2,1-3H3. The molecule has 0 heterocycles. The second-order valence-electron chi connectivity index (χ2n) is 5.80. The summed E-state index contributed by atoms with van der Waals surface area (Å²) < 4.78 is 27.5. The van der Waals surface area contributed by atoms with Crippen molar-refractivity contribution in [1.29, 1.82) is 0 Å². The molecule has 5 nitrogen and oxygen atoms in total. The van der Waals surface area contributed by atoms with E-state index in [2.05, 4.69) is 0 Å². The maximum Gasteiger partial charge on any atom is 0.244 e. The molecule has 0 amide bonds. The fraction of sp³-hybridized carbons (Fsp3) is 0.600. The predicted molar refractivity (Wildman–Crippen MR) is 83.7 cm³/mol. The van der Waals surface area contributed by atoms with Gasteiger partial charge in [0.05, 0.1) is 11.5 Å². The Bertz CT molecular complexity index is 637. The summed E-state index contributed by atoms with van der Waals surface area (Å²) in [6.45, 7) is 5.39. The lowest BCUT2D eigenvalue weighted by Crippen LogP contribution is -2.45. The van der Waals surface area contributed by atoms with E-state index in [-0.39, 0.29) is 19.2 Å². The van der Waals surface area contributed by atoms with Crippen molar-refractivity contribution in [3.63, 3.8) is 0 Å². The molecule has 1 aromatic rings. The fourth-order valence-electron chi connectivity index (χ4n) is 2.97. The Balaban J connectivity index is 2.54. The minimum Gasteiger partial charge on any atom is -0.398 e. The summed E-state index contributed by atoms with van der Waals surface area (Å²) in [6.07, 6.45) is 2.76. The third kappa shape index (κ3) is 2.80. The molecule has 0 aliphatic heterocycles. The molecule has 21 heavy (non-hydrogen) atoms. The zero-order chi connectivity index (χ0) is 15.8. The molecule has 1 saturated carbocycles. The second-order valence-corrected chi connectivity index (χ2v) is 7.63. The molecule has 0 radical (unpaired) electrons. The molecule has 2 rings (SSSR count). The van der Waals surface area contributed by atoms with Gasteiger partial charge in [-0.3, -0.25) is 0 Å². The number of aryl methyl sites for hydroxylation is 2. The molecule has 3 N–H and O–H groups in total. The van der Waals surface area contributed by atoms with E-state index in [0.29, 0.717) is 21.7 Å². The number of anilines is 1. The summed E-state index contributed by atoms with van der Waals surface area (Å²) in [5.41, 5.74) is 8.74.